The number of rotatable bonds is 2. The quantitative estimate of drug-likeness (QED) is 0.874. The molecular formula is C11H16BrNS. The van der Waals surface area contributed by atoms with Crippen molar-refractivity contribution in [3.8, 4) is 0 Å². The summed E-state index contributed by atoms with van der Waals surface area (Å²) in [7, 11) is 0. The van der Waals surface area contributed by atoms with E-state index in [0.717, 1.165) is 6.54 Å². The Morgan fingerprint density at radius 3 is 2.57 bits per heavy atom. The van der Waals surface area contributed by atoms with Crippen LogP contribution in [0.15, 0.2) is 15.9 Å². The van der Waals surface area contributed by atoms with Gasteiger partial charge in [-0.1, -0.05) is 19.3 Å². The van der Waals surface area contributed by atoms with Gasteiger partial charge in [0.05, 0.1) is 0 Å². The number of thiophene rings is 1. The first-order valence-electron chi connectivity index (χ1n) is 5.22. The molecule has 0 amide bonds. The zero-order chi connectivity index (χ0) is 10.0. The van der Waals surface area contributed by atoms with E-state index in [1.165, 1.54) is 41.5 Å². The van der Waals surface area contributed by atoms with Gasteiger partial charge in [-0.3, -0.25) is 0 Å². The van der Waals surface area contributed by atoms with Crippen molar-refractivity contribution >= 4 is 27.3 Å². The van der Waals surface area contributed by atoms with E-state index in [0.29, 0.717) is 0 Å². The fourth-order valence-electron chi connectivity index (χ4n) is 2.42. The fourth-order valence-corrected chi connectivity index (χ4v) is 4.49. The van der Waals surface area contributed by atoms with E-state index < -0.39 is 0 Å². The largest absolute Gasteiger partial charge is 0.330 e. The molecule has 0 saturated heterocycles. The third-order valence-electron chi connectivity index (χ3n) is 3.30. The molecule has 0 aliphatic heterocycles. The average molecular weight is 274 g/mol. The Hall–Kier alpha value is 0.140. The Balaban J connectivity index is 2.31. The highest BCUT2D eigenvalue weighted by Gasteiger charge is 2.34. The molecule has 1 aliphatic carbocycles. The van der Waals surface area contributed by atoms with Crippen molar-refractivity contribution in [1.29, 1.82) is 0 Å². The van der Waals surface area contributed by atoms with Crippen molar-refractivity contribution in [2.75, 3.05) is 6.54 Å². The van der Waals surface area contributed by atoms with E-state index in [4.69, 9.17) is 5.73 Å². The molecular weight excluding hydrogens is 258 g/mol. The molecule has 3 heteroatoms. The van der Waals surface area contributed by atoms with Crippen LogP contribution < -0.4 is 5.73 Å². The van der Waals surface area contributed by atoms with Crippen molar-refractivity contribution in [2.24, 2.45) is 5.73 Å². The first-order chi connectivity index (χ1) is 6.78. The Kier molecular flexibility index (Phi) is 3.30. The van der Waals surface area contributed by atoms with Crippen LogP contribution in [0.2, 0.25) is 0 Å². The molecule has 78 valence electrons. The molecule has 1 nitrogen and oxygen atoms in total. The minimum atomic E-state index is 0.283. The average Bonchev–Trinajstić information content (AvgIpc) is 2.66. The summed E-state index contributed by atoms with van der Waals surface area (Å²) >= 11 is 5.49. The van der Waals surface area contributed by atoms with Crippen molar-refractivity contribution in [3.05, 3.63) is 20.8 Å². The van der Waals surface area contributed by atoms with Crippen molar-refractivity contribution < 1.29 is 0 Å². The van der Waals surface area contributed by atoms with Crippen LogP contribution in [0.1, 0.15) is 37.0 Å². The normalized spacial score (nSPS) is 21.0. The number of halogens is 1. The molecule has 0 aromatic carbocycles. The SMILES string of the molecule is NCC1(c2sccc2Br)CCCCC1. The summed E-state index contributed by atoms with van der Waals surface area (Å²) in [5, 5.41) is 2.16. The molecule has 2 N–H and O–H groups in total. The van der Waals surface area contributed by atoms with Gasteiger partial charge in [0.1, 0.15) is 0 Å². The van der Waals surface area contributed by atoms with Crippen LogP contribution in [-0.2, 0) is 5.41 Å². The van der Waals surface area contributed by atoms with Crippen LogP contribution in [0, 0.1) is 0 Å². The van der Waals surface area contributed by atoms with Crippen molar-refractivity contribution in [3.63, 3.8) is 0 Å². The number of hydrogen-bond donors (Lipinski definition) is 1. The Morgan fingerprint density at radius 2 is 2.07 bits per heavy atom. The first-order valence-corrected chi connectivity index (χ1v) is 6.89. The molecule has 1 heterocycles. The molecule has 2 rings (SSSR count). The highest BCUT2D eigenvalue weighted by Crippen LogP contribution is 2.44. The smallest absolute Gasteiger partial charge is 0.0320 e. The maximum atomic E-state index is 5.98. The topological polar surface area (TPSA) is 26.0 Å². The molecule has 0 bridgehead atoms. The standard InChI is InChI=1S/C11H16BrNS/c12-9-4-7-14-10(9)11(8-13)5-2-1-3-6-11/h4,7H,1-3,5-6,8,13H2. The minimum absolute atomic E-state index is 0.283. The summed E-state index contributed by atoms with van der Waals surface area (Å²) in [4.78, 5) is 1.47. The molecule has 0 atom stereocenters. The fraction of sp³-hybridized carbons (Fsp3) is 0.636. The van der Waals surface area contributed by atoms with Gasteiger partial charge in [0.2, 0.25) is 0 Å². The Bertz CT molecular complexity index is 302. The second-order valence-electron chi connectivity index (χ2n) is 4.14. The zero-order valence-electron chi connectivity index (χ0n) is 8.26. The van der Waals surface area contributed by atoms with Gasteiger partial charge in [0.25, 0.3) is 0 Å². The zero-order valence-corrected chi connectivity index (χ0v) is 10.7. The van der Waals surface area contributed by atoms with E-state index in [-0.39, 0.29) is 5.41 Å². The van der Waals surface area contributed by atoms with Crippen molar-refractivity contribution in [2.45, 2.75) is 37.5 Å². The van der Waals surface area contributed by atoms with E-state index in [1.807, 2.05) is 11.3 Å². The number of hydrogen-bond acceptors (Lipinski definition) is 2. The molecule has 1 fully saturated rings. The third-order valence-corrected chi connectivity index (χ3v) is 5.38. The van der Waals surface area contributed by atoms with Gasteiger partial charge >= 0.3 is 0 Å². The predicted octanol–water partition coefficient (Wildman–Crippen LogP) is 3.67. The number of nitrogens with two attached hydrogens (primary N) is 1. The highest BCUT2D eigenvalue weighted by molar-refractivity contribution is 9.10. The summed E-state index contributed by atoms with van der Waals surface area (Å²) in [6, 6.07) is 2.14. The van der Waals surface area contributed by atoms with Gasteiger partial charge in [0, 0.05) is 21.3 Å². The lowest BCUT2D eigenvalue weighted by atomic mass is 9.73. The maximum absolute atomic E-state index is 5.98. The van der Waals surface area contributed by atoms with E-state index in [1.54, 1.807) is 0 Å². The molecule has 0 unspecified atom stereocenters. The maximum Gasteiger partial charge on any atom is 0.0320 e. The van der Waals surface area contributed by atoms with Gasteiger partial charge in [-0.25, -0.2) is 0 Å². The second-order valence-corrected chi connectivity index (χ2v) is 5.91. The van der Waals surface area contributed by atoms with Crippen LogP contribution in [0.3, 0.4) is 0 Å². The van der Waals surface area contributed by atoms with E-state index >= 15 is 0 Å². The second kappa shape index (κ2) is 4.33. The summed E-state index contributed by atoms with van der Waals surface area (Å²) in [5.74, 6) is 0. The Labute approximate surface area is 97.8 Å². The van der Waals surface area contributed by atoms with E-state index in [2.05, 4.69) is 27.4 Å². The third kappa shape index (κ3) is 1.77. The van der Waals surface area contributed by atoms with Gasteiger partial charge in [-0.05, 0) is 40.2 Å². The summed E-state index contributed by atoms with van der Waals surface area (Å²) < 4.78 is 1.26. The lowest BCUT2D eigenvalue weighted by Crippen LogP contribution is -2.36. The summed E-state index contributed by atoms with van der Waals surface area (Å²) in [6.45, 7) is 0.798. The van der Waals surface area contributed by atoms with Crippen LogP contribution in [0.4, 0.5) is 0 Å². The first kappa shape index (κ1) is 10.7. The van der Waals surface area contributed by atoms with Gasteiger partial charge in [-0.2, -0.15) is 0 Å². The van der Waals surface area contributed by atoms with Gasteiger partial charge in [0.15, 0.2) is 0 Å². The summed E-state index contributed by atoms with van der Waals surface area (Å²) in [5.41, 5.74) is 6.27. The molecule has 0 radical (unpaired) electrons. The molecule has 1 aromatic heterocycles. The summed E-state index contributed by atoms with van der Waals surface area (Å²) in [6.07, 6.45) is 6.58. The Morgan fingerprint density at radius 1 is 1.36 bits per heavy atom. The molecule has 1 aromatic rings. The molecule has 14 heavy (non-hydrogen) atoms. The van der Waals surface area contributed by atoms with Crippen LogP contribution in [-0.4, -0.2) is 6.54 Å². The molecule has 1 aliphatic rings. The van der Waals surface area contributed by atoms with Crippen LogP contribution >= 0.6 is 27.3 Å². The molecule has 1 saturated carbocycles. The van der Waals surface area contributed by atoms with Crippen molar-refractivity contribution in [1.82, 2.24) is 0 Å². The lowest BCUT2D eigenvalue weighted by Gasteiger charge is -2.35. The highest BCUT2D eigenvalue weighted by atomic mass is 79.9. The minimum Gasteiger partial charge on any atom is -0.330 e. The van der Waals surface area contributed by atoms with Gasteiger partial charge < -0.3 is 5.73 Å². The van der Waals surface area contributed by atoms with Crippen LogP contribution in [0.25, 0.3) is 0 Å². The van der Waals surface area contributed by atoms with Crippen LogP contribution in [0.5, 0.6) is 0 Å². The monoisotopic (exact) mass is 273 g/mol. The van der Waals surface area contributed by atoms with Gasteiger partial charge in [-0.15, -0.1) is 11.3 Å². The predicted molar refractivity (Wildman–Crippen MR) is 65.8 cm³/mol. The molecule has 0 spiro atoms. The van der Waals surface area contributed by atoms with E-state index in [9.17, 15) is 0 Å². The lowest BCUT2D eigenvalue weighted by molar-refractivity contribution is 0.305.